The summed E-state index contributed by atoms with van der Waals surface area (Å²) >= 11 is 0. The first-order valence-electron chi connectivity index (χ1n) is 14.9. The fraction of sp³-hybridized carbons (Fsp3) is 0.594. The third-order valence-electron chi connectivity index (χ3n) is 7.36. The number of rotatable bonds is 12. The number of nitrogens with zero attached hydrogens (tertiary/aromatic N) is 4. The second kappa shape index (κ2) is 13.1. The Morgan fingerprint density at radius 3 is 2.37 bits per heavy atom. The Bertz CT molecular complexity index is 1320. The highest BCUT2D eigenvalue weighted by Crippen LogP contribution is 2.37. The summed E-state index contributed by atoms with van der Waals surface area (Å²) in [7, 11) is 1.94. The molecule has 41 heavy (non-hydrogen) atoms. The van der Waals surface area contributed by atoms with Crippen molar-refractivity contribution >= 4 is 22.6 Å². The van der Waals surface area contributed by atoms with Crippen LogP contribution in [0.1, 0.15) is 79.6 Å². The van der Waals surface area contributed by atoms with Crippen molar-refractivity contribution in [3.63, 3.8) is 0 Å². The highest BCUT2D eigenvalue weighted by atomic mass is 16.6. The lowest BCUT2D eigenvalue weighted by molar-refractivity contribution is -0.161. The molecule has 9 heteroatoms. The van der Waals surface area contributed by atoms with Crippen molar-refractivity contribution in [2.45, 2.75) is 90.8 Å². The zero-order valence-electron chi connectivity index (χ0n) is 25.5. The fourth-order valence-corrected chi connectivity index (χ4v) is 5.07. The first kappa shape index (κ1) is 30.6. The number of hydrogen-bond acceptors (Lipinski definition) is 8. The number of anilines is 1. The van der Waals surface area contributed by atoms with Gasteiger partial charge in [-0.3, -0.25) is 9.48 Å². The first-order chi connectivity index (χ1) is 19.5. The largest absolute Gasteiger partial charge is 0.478 e. The van der Waals surface area contributed by atoms with Crippen LogP contribution < -0.4 is 14.4 Å². The number of fused-ring (bicyclic) bond motifs is 1. The van der Waals surface area contributed by atoms with Crippen molar-refractivity contribution in [3.8, 4) is 23.0 Å². The number of hydrogen-bond donors (Lipinski definition) is 1. The van der Waals surface area contributed by atoms with Gasteiger partial charge in [-0.05, 0) is 70.7 Å². The molecule has 1 fully saturated rings. The maximum atomic E-state index is 12.3. The normalized spacial score (nSPS) is 15.2. The molecule has 4 rings (SSSR count). The van der Waals surface area contributed by atoms with Gasteiger partial charge in [0.05, 0.1) is 36.3 Å². The van der Waals surface area contributed by atoms with E-state index in [1.165, 1.54) is 0 Å². The molecule has 0 spiro atoms. The summed E-state index contributed by atoms with van der Waals surface area (Å²) in [6.45, 7) is 12.3. The zero-order valence-corrected chi connectivity index (χ0v) is 25.5. The van der Waals surface area contributed by atoms with Crippen molar-refractivity contribution in [1.29, 1.82) is 0 Å². The topological polar surface area (TPSA) is 98.9 Å². The molecule has 2 aromatic heterocycles. The number of carbonyl (C=O) groups excluding carboxylic acids is 1. The van der Waals surface area contributed by atoms with Gasteiger partial charge in [-0.1, -0.05) is 26.7 Å². The van der Waals surface area contributed by atoms with E-state index in [0.717, 1.165) is 53.5 Å². The van der Waals surface area contributed by atoms with Crippen LogP contribution in [-0.2, 0) is 16.6 Å². The van der Waals surface area contributed by atoms with Crippen LogP contribution >= 0.6 is 0 Å². The molecule has 1 N–H and O–H groups in total. The molecule has 0 atom stereocenters. The maximum Gasteiger partial charge on any atom is 0.309 e. The van der Waals surface area contributed by atoms with Gasteiger partial charge in [0.15, 0.2) is 0 Å². The van der Waals surface area contributed by atoms with Crippen molar-refractivity contribution < 1.29 is 24.1 Å². The highest BCUT2D eigenvalue weighted by molar-refractivity contribution is 5.96. The molecule has 224 valence electrons. The Labute approximate surface area is 243 Å². The Morgan fingerprint density at radius 2 is 1.71 bits per heavy atom. The predicted molar refractivity (Wildman–Crippen MR) is 162 cm³/mol. The SMILES string of the molecule is CCCCOc1ccc(-c2nn(C)c3cc(N4CCC(O)(CC(=O)OC(C)(C)C)CC4)ccc23)c(OCCCC)n1. The van der Waals surface area contributed by atoms with E-state index in [-0.39, 0.29) is 12.4 Å². The third-order valence-corrected chi connectivity index (χ3v) is 7.36. The van der Waals surface area contributed by atoms with Gasteiger partial charge in [-0.15, -0.1) is 0 Å². The van der Waals surface area contributed by atoms with Crippen molar-refractivity contribution in [2.24, 2.45) is 7.05 Å². The Kier molecular flexibility index (Phi) is 9.79. The molecule has 3 heterocycles. The zero-order chi connectivity index (χ0) is 29.6. The lowest BCUT2D eigenvalue weighted by Gasteiger charge is -2.39. The minimum atomic E-state index is -1.05. The monoisotopic (exact) mass is 566 g/mol. The van der Waals surface area contributed by atoms with Gasteiger partial charge in [0, 0.05) is 37.3 Å². The number of unbranched alkanes of at least 4 members (excludes halogenated alkanes) is 2. The lowest BCUT2D eigenvalue weighted by Crippen LogP contribution is -2.46. The second-order valence-corrected chi connectivity index (χ2v) is 12.1. The van der Waals surface area contributed by atoms with E-state index in [1.807, 2.05) is 44.6 Å². The number of pyridine rings is 1. The van der Waals surface area contributed by atoms with Crippen molar-refractivity contribution in [2.75, 3.05) is 31.2 Å². The van der Waals surface area contributed by atoms with E-state index in [4.69, 9.17) is 24.3 Å². The Morgan fingerprint density at radius 1 is 1.02 bits per heavy atom. The van der Waals surface area contributed by atoms with Gasteiger partial charge in [0.25, 0.3) is 0 Å². The minimum absolute atomic E-state index is 0.0152. The summed E-state index contributed by atoms with van der Waals surface area (Å²) in [5.41, 5.74) is 2.11. The molecule has 0 aliphatic carbocycles. The molecule has 3 aromatic rings. The third kappa shape index (κ3) is 7.91. The summed E-state index contributed by atoms with van der Waals surface area (Å²) in [5.74, 6) is 0.746. The Balaban J connectivity index is 1.53. The predicted octanol–water partition coefficient (Wildman–Crippen LogP) is 6.06. The van der Waals surface area contributed by atoms with Crippen LogP contribution in [0.3, 0.4) is 0 Å². The highest BCUT2D eigenvalue weighted by Gasteiger charge is 2.36. The van der Waals surface area contributed by atoms with E-state index in [1.54, 1.807) is 0 Å². The van der Waals surface area contributed by atoms with E-state index >= 15 is 0 Å². The minimum Gasteiger partial charge on any atom is -0.478 e. The van der Waals surface area contributed by atoms with Crippen LogP contribution in [0.25, 0.3) is 22.2 Å². The van der Waals surface area contributed by atoms with Crippen molar-refractivity contribution in [3.05, 3.63) is 30.3 Å². The van der Waals surface area contributed by atoms with E-state index in [9.17, 15) is 9.90 Å². The summed E-state index contributed by atoms with van der Waals surface area (Å²) in [6, 6.07) is 10.2. The number of aliphatic hydroxyl groups is 1. The molecule has 1 aliphatic rings. The summed E-state index contributed by atoms with van der Waals surface area (Å²) in [6.07, 6.45) is 5.02. The van der Waals surface area contributed by atoms with Crippen LogP contribution in [0.4, 0.5) is 5.69 Å². The van der Waals surface area contributed by atoms with Gasteiger partial charge in [-0.2, -0.15) is 10.1 Å². The number of aryl methyl sites for hydroxylation is 1. The quantitative estimate of drug-likeness (QED) is 0.209. The number of aromatic nitrogens is 3. The summed E-state index contributed by atoms with van der Waals surface area (Å²) < 4.78 is 19.3. The number of esters is 1. The molecule has 1 saturated heterocycles. The van der Waals surface area contributed by atoms with Gasteiger partial charge in [0.2, 0.25) is 11.8 Å². The molecule has 0 unspecified atom stereocenters. The number of benzene rings is 1. The van der Waals surface area contributed by atoms with Crippen molar-refractivity contribution in [1.82, 2.24) is 14.8 Å². The van der Waals surface area contributed by atoms with Crippen LogP contribution in [0.15, 0.2) is 30.3 Å². The average Bonchev–Trinajstić information content (AvgIpc) is 3.23. The summed E-state index contributed by atoms with van der Waals surface area (Å²) in [4.78, 5) is 19.3. The Hall–Kier alpha value is -3.33. The van der Waals surface area contributed by atoms with E-state index in [0.29, 0.717) is 50.9 Å². The standard InChI is InChI=1S/C32H46N4O5/c1-7-9-19-39-27-14-13-25(30(33-27)40-20-10-8-2)29-24-12-11-23(21-26(24)35(6)34-29)36-17-15-32(38,16-18-36)22-28(37)41-31(3,4)5/h11-14,21,38H,7-10,15-20,22H2,1-6H3. The lowest BCUT2D eigenvalue weighted by atomic mass is 9.88. The maximum absolute atomic E-state index is 12.3. The molecule has 0 bridgehead atoms. The van der Waals surface area contributed by atoms with Crippen LogP contribution in [0.5, 0.6) is 11.8 Å². The molecule has 1 aromatic carbocycles. The number of ether oxygens (including phenoxy) is 3. The average molecular weight is 567 g/mol. The second-order valence-electron chi connectivity index (χ2n) is 12.1. The number of carbonyl (C=O) groups is 1. The van der Waals surface area contributed by atoms with Gasteiger partial charge in [-0.25, -0.2) is 0 Å². The van der Waals surface area contributed by atoms with Gasteiger partial charge >= 0.3 is 5.97 Å². The van der Waals surface area contributed by atoms with E-state index < -0.39 is 11.2 Å². The molecule has 0 radical (unpaired) electrons. The fourth-order valence-electron chi connectivity index (χ4n) is 5.07. The van der Waals surface area contributed by atoms with Crippen LogP contribution in [0.2, 0.25) is 0 Å². The summed E-state index contributed by atoms with van der Waals surface area (Å²) in [5, 5.41) is 16.9. The molecular weight excluding hydrogens is 520 g/mol. The number of piperidine rings is 1. The first-order valence-corrected chi connectivity index (χ1v) is 14.9. The van der Waals surface area contributed by atoms with Gasteiger partial charge < -0.3 is 24.2 Å². The molecule has 9 nitrogen and oxygen atoms in total. The molecule has 0 amide bonds. The van der Waals surface area contributed by atoms with Gasteiger partial charge in [0.1, 0.15) is 11.3 Å². The molecule has 0 saturated carbocycles. The molecule has 1 aliphatic heterocycles. The van der Waals surface area contributed by atoms with E-state index in [2.05, 4.69) is 36.9 Å². The van der Waals surface area contributed by atoms with Crippen LogP contribution in [-0.4, -0.2) is 63.3 Å². The molecular formula is C32H46N4O5. The smallest absolute Gasteiger partial charge is 0.309 e. The van der Waals surface area contributed by atoms with Crippen LogP contribution in [0, 0.1) is 0 Å².